The fourth-order valence-corrected chi connectivity index (χ4v) is 3.38. The topological polar surface area (TPSA) is 38.0 Å². The highest BCUT2D eigenvalue weighted by Gasteiger charge is 2.27. The molecule has 0 saturated carbocycles. The Labute approximate surface area is 93.4 Å². The highest BCUT2D eigenvalue weighted by atomic mass is 32.2. The number of hydrogen-bond acceptors (Lipinski definition) is 3. The van der Waals surface area contributed by atoms with Gasteiger partial charge in [0.2, 0.25) is 0 Å². The van der Waals surface area contributed by atoms with Crippen molar-refractivity contribution in [2.24, 2.45) is 5.84 Å². The molecule has 3 N–H and O–H groups in total. The van der Waals surface area contributed by atoms with Gasteiger partial charge in [-0.2, -0.15) is 11.8 Å². The average molecular weight is 226 g/mol. The van der Waals surface area contributed by atoms with Crippen LogP contribution in [0.2, 0.25) is 0 Å². The molecule has 1 heterocycles. The molecular formula is C11H15FN2S. The lowest BCUT2D eigenvalue weighted by Gasteiger charge is -2.22. The van der Waals surface area contributed by atoms with Gasteiger partial charge in [-0.1, -0.05) is 18.2 Å². The van der Waals surface area contributed by atoms with Gasteiger partial charge in [-0.15, -0.1) is 0 Å². The van der Waals surface area contributed by atoms with Crippen molar-refractivity contribution >= 4 is 11.8 Å². The summed E-state index contributed by atoms with van der Waals surface area (Å²) in [5, 5.41) is 0.395. The molecule has 1 aromatic carbocycles. The van der Waals surface area contributed by atoms with E-state index in [2.05, 4.69) is 5.43 Å². The van der Waals surface area contributed by atoms with Gasteiger partial charge in [0, 0.05) is 10.8 Å². The van der Waals surface area contributed by atoms with Crippen LogP contribution in [0.4, 0.5) is 4.39 Å². The van der Waals surface area contributed by atoms with Crippen LogP contribution >= 0.6 is 11.8 Å². The van der Waals surface area contributed by atoms with Crippen molar-refractivity contribution in [2.45, 2.75) is 24.1 Å². The highest BCUT2D eigenvalue weighted by Crippen LogP contribution is 2.36. The molecule has 0 amide bonds. The van der Waals surface area contributed by atoms with E-state index >= 15 is 0 Å². The largest absolute Gasteiger partial charge is 0.271 e. The van der Waals surface area contributed by atoms with Gasteiger partial charge in [-0.3, -0.25) is 11.3 Å². The normalized spacial score (nSPS) is 22.9. The van der Waals surface area contributed by atoms with Crippen molar-refractivity contribution in [3.8, 4) is 0 Å². The molecule has 0 radical (unpaired) electrons. The Kier molecular flexibility index (Phi) is 3.61. The molecule has 2 atom stereocenters. The Hall–Kier alpha value is -0.580. The molecule has 1 aromatic rings. The zero-order valence-corrected chi connectivity index (χ0v) is 9.27. The van der Waals surface area contributed by atoms with Crippen LogP contribution < -0.4 is 11.3 Å². The first-order valence-corrected chi connectivity index (χ1v) is 6.20. The molecule has 2 nitrogen and oxygen atoms in total. The molecule has 2 rings (SSSR count). The summed E-state index contributed by atoms with van der Waals surface area (Å²) in [4.78, 5) is 0. The second-order valence-corrected chi connectivity index (χ2v) is 5.06. The molecular weight excluding hydrogens is 211 g/mol. The molecule has 1 aliphatic rings. The fourth-order valence-electron chi connectivity index (χ4n) is 1.99. The van der Waals surface area contributed by atoms with E-state index in [-0.39, 0.29) is 11.9 Å². The van der Waals surface area contributed by atoms with Gasteiger partial charge >= 0.3 is 0 Å². The second kappa shape index (κ2) is 4.96. The number of benzene rings is 1. The first-order chi connectivity index (χ1) is 7.33. The van der Waals surface area contributed by atoms with Crippen molar-refractivity contribution in [1.82, 2.24) is 5.43 Å². The van der Waals surface area contributed by atoms with Gasteiger partial charge in [-0.25, -0.2) is 4.39 Å². The summed E-state index contributed by atoms with van der Waals surface area (Å²) in [6.45, 7) is 0. The quantitative estimate of drug-likeness (QED) is 0.613. The van der Waals surface area contributed by atoms with Crippen LogP contribution in [0, 0.1) is 5.82 Å². The van der Waals surface area contributed by atoms with E-state index in [0.717, 1.165) is 12.2 Å². The third-order valence-corrected chi connectivity index (χ3v) is 4.22. The van der Waals surface area contributed by atoms with Crippen LogP contribution in [0.3, 0.4) is 0 Å². The number of hydrogen-bond donors (Lipinski definition) is 2. The van der Waals surface area contributed by atoms with E-state index in [1.807, 2.05) is 17.8 Å². The minimum absolute atomic E-state index is 0.0706. The molecule has 1 aliphatic heterocycles. The molecule has 2 unspecified atom stereocenters. The third kappa shape index (κ3) is 2.33. The fraction of sp³-hybridized carbons (Fsp3) is 0.455. The Morgan fingerprint density at radius 1 is 1.47 bits per heavy atom. The molecule has 0 aromatic heterocycles. The highest BCUT2D eigenvalue weighted by molar-refractivity contribution is 8.00. The lowest BCUT2D eigenvalue weighted by molar-refractivity contribution is 0.489. The summed E-state index contributed by atoms with van der Waals surface area (Å²) in [6.07, 6.45) is 2.30. The lowest BCUT2D eigenvalue weighted by Crippen LogP contribution is -2.34. The summed E-state index contributed by atoms with van der Waals surface area (Å²) >= 11 is 1.87. The third-order valence-electron chi connectivity index (χ3n) is 2.76. The maximum Gasteiger partial charge on any atom is 0.128 e. The number of nitrogens with two attached hydrogens (primary N) is 1. The second-order valence-electron chi connectivity index (χ2n) is 3.72. The van der Waals surface area contributed by atoms with Crippen LogP contribution in [0.15, 0.2) is 24.3 Å². The van der Waals surface area contributed by atoms with Gasteiger partial charge < -0.3 is 0 Å². The van der Waals surface area contributed by atoms with Gasteiger partial charge in [-0.05, 0) is 24.7 Å². The van der Waals surface area contributed by atoms with Gasteiger partial charge in [0.15, 0.2) is 0 Å². The molecule has 1 fully saturated rings. The van der Waals surface area contributed by atoms with Gasteiger partial charge in [0.25, 0.3) is 0 Å². The molecule has 82 valence electrons. The maximum atomic E-state index is 13.6. The van der Waals surface area contributed by atoms with E-state index in [1.54, 1.807) is 12.1 Å². The predicted molar refractivity (Wildman–Crippen MR) is 61.9 cm³/mol. The summed E-state index contributed by atoms with van der Waals surface area (Å²) in [5.41, 5.74) is 3.42. The molecule has 0 bridgehead atoms. The van der Waals surface area contributed by atoms with Crippen LogP contribution in [0.25, 0.3) is 0 Å². The number of nitrogens with one attached hydrogen (secondary N) is 1. The van der Waals surface area contributed by atoms with E-state index in [1.165, 1.54) is 12.5 Å². The summed E-state index contributed by atoms with van der Waals surface area (Å²) in [7, 11) is 0. The zero-order valence-electron chi connectivity index (χ0n) is 8.45. The van der Waals surface area contributed by atoms with E-state index in [9.17, 15) is 4.39 Å². The zero-order chi connectivity index (χ0) is 10.7. The first-order valence-electron chi connectivity index (χ1n) is 5.15. The number of rotatable bonds is 3. The lowest BCUT2D eigenvalue weighted by atomic mass is 10.0. The molecule has 15 heavy (non-hydrogen) atoms. The Bertz CT molecular complexity index is 326. The first kappa shape index (κ1) is 10.9. The molecule has 0 aliphatic carbocycles. The van der Waals surface area contributed by atoms with Crippen molar-refractivity contribution in [3.63, 3.8) is 0 Å². The predicted octanol–water partition coefficient (Wildman–Crippen LogP) is 2.23. The molecule has 0 spiro atoms. The Morgan fingerprint density at radius 3 is 2.87 bits per heavy atom. The van der Waals surface area contributed by atoms with Crippen molar-refractivity contribution < 1.29 is 4.39 Å². The molecule has 1 saturated heterocycles. The monoisotopic (exact) mass is 226 g/mol. The number of thioether (sulfide) groups is 1. The van der Waals surface area contributed by atoms with Crippen LogP contribution in [0.5, 0.6) is 0 Å². The van der Waals surface area contributed by atoms with E-state index in [0.29, 0.717) is 10.8 Å². The SMILES string of the molecule is NNC(c1ccccc1F)C1CCCS1. The Balaban J connectivity index is 2.22. The van der Waals surface area contributed by atoms with Crippen LogP contribution in [-0.4, -0.2) is 11.0 Å². The maximum absolute atomic E-state index is 13.6. The standard InChI is InChI=1S/C11H15FN2S/c12-9-5-2-1-4-8(9)11(14-13)10-6-3-7-15-10/h1-2,4-5,10-11,14H,3,6-7,13H2. The van der Waals surface area contributed by atoms with Crippen molar-refractivity contribution in [3.05, 3.63) is 35.6 Å². The van der Waals surface area contributed by atoms with Gasteiger partial charge in [0.1, 0.15) is 5.82 Å². The van der Waals surface area contributed by atoms with E-state index in [4.69, 9.17) is 5.84 Å². The summed E-state index contributed by atoms with van der Waals surface area (Å²) in [5.74, 6) is 6.50. The van der Waals surface area contributed by atoms with Crippen LogP contribution in [-0.2, 0) is 0 Å². The van der Waals surface area contributed by atoms with E-state index < -0.39 is 0 Å². The smallest absolute Gasteiger partial charge is 0.128 e. The van der Waals surface area contributed by atoms with Gasteiger partial charge in [0.05, 0.1) is 6.04 Å². The summed E-state index contributed by atoms with van der Waals surface area (Å²) < 4.78 is 13.6. The molecule has 4 heteroatoms. The van der Waals surface area contributed by atoms with Crippen molar-refractivity contribution in [2.75, 3.05) is 5.75 Å². The minimum atomic E-state index is -0.173. The van der Waals surface area contributed by atoms with Crippen molar-refractivity contribution in [1.29, 1.82) is 0 Å². The summed E-state index contributed by atoms with van der Waals surface area (Å²) in [6, 6.07) is 6.77. The number of halogens is 1. The Morgan fingerprint density at radius 2 is 2.27 bits per heavy atom. The van der Waals surface area contributed by atoms with Crippen LogP contribution in [0.1, 0.15) is 24.4 Å². The average Bonchev–Trinajstić information content (AvgIpc) is 2.75. The minimum Gasteiger partial charge on any atom is -0.271 e. The number of hydrazine groups is 1.